The van der Waals surface area contributed by atoms with Gasteiger partial charge < -0.3 is 10.0 Å². The van der Waals surface area contributed by atoms with Gasteiger partial charge in [-0.1, -0.05) is 18.7 Å². The van der Waals surface area contributed by atoms with Gasteiger partial charge in [-0.15, -0.1) is 0 Å². The quantitative estimate of drug-likeness (QED) is 0.590. The van der Waals surface area contributed by atoms with Crippen molar-refractivity contribution in [2.45, 2.75) is 49.3 Å². The highest BCUT2D eigenvalue weighted by Crippen LogP contribution is 2.43. The van der Waals surface area contributed by atoms with Gasteiger partial charge in [0.25, 0.3) is 0 Å². The number of hydrogen-bond acceptors (Lipinski definition) is 5. The second-order valence-corrected chi connectivity index (χ2v) is 8.08. The van der Waals surface area contributed by atoms with E-state index in [1.54, 1.807) is 6.20 Å². The average Bonchev–Trinajstić information content (AvgIpc) is 2.56. The van der Waals surface area contributed by atoms with Crippen LogP contribution in [0.2, 0.25) is 0 Å². The molecule has 0 aromatic carbocycles. The maximum absolute atomic E-state index is 11.8. The Kier molecular flexibility index (Phi) is 5.50. The standard InChI is InChI=1S/C17H20N2O3S2/c1-2-8-23-10-12-13(4-3-7-18-12)24-14-6-5-11-9-15(20)19(11)16(14)17(21)22/h3-4,7,11H,2,5-6,8-10H2,1H3,(H,21,22). The van der Waals surface area contributed by atoms with Gasteiger partial charge in [0, 0.05) is 34.2 Å². The number of allylic oxidation sites excluding steroid dienone is 1. The van der Waals surface area contributed by atoms with Crippen LogP contribution in [-0.4, -0.2) is 38.7 Å². The third kappa shape index (κ3) is 3.47. The Balaban J connectivity index is 1.85. The van der Waals surface area contributed by atoms with Crippen LogP contribution in [0, 0.1) is 0 Å². The molecular formula is C17H20N2O3S2. The van der Waals surface area contributed by atoms with E-state index in [9.17, 15) is 14.7 Å². The van der Waals surface area contributed by atoms with Crippen LogP contribution in [0.15, 0.2) is 33.8 Å². The summed E-state index contributed by atoms with van der Waals surface area (Å²) in [5, 5.41) is 9.58. The van der Waals surface area contributed by atoms with Crippen LogP contribution < -0.4 is 0 Å². The molecule has 1 aromatic rings. The van der Waals surface area contributed by atoms with Crippen molar-refractivity contribution in [2.24, 2.45) is 0 Å². The first-order valence-electron chi connectivity index (χ1n) is 8.09. The molecule has 0 aliphatic carbocycles. The molecule has 3 heterocycles. The highest BCUT2D eigenvalue weighted by molar-refractivity contribution is 8.03. The molecule has 1 aromatic heterocycles. The number of fused-ring (bicyclic) bond motifs is 1. The molecule has 5 nitrogen and oxygen atoms in total. The summed E-state index contributed by atoms with van der Waals surface area (Å²) in [5.41, 5.74) is 1.15. The largest absolute Gasteiger partial charge is 0.477 e. The zero-order chi connectivity index (χ0) is 17.1. The first-order valence-corrected chi connectivity index (χ1v) is 10.1. The summed E-state index contributed by atoms with van der Waals surface area (Å²) in [6, 6.07) is 3.93. The number of nitrogens with zero attached hydrogens (tertiary/aromatic N) is 2. The van der Waals surface area contributed by atoms with Gasteiger partial charge in [-0.3, -0.25) is 9.78 Å². The first kappa shape index (κ1) is 17.4. The van der Waals surface area contributed by atoms with Crippen molar-refractivity contribution in [1.82, 2.24) is 9.88 Å². The van der Waals surface area contributed by atoms with E-state index in [2.05, 4.69) is 11.9 Å². The van der Waals surface area contributed by atoms with Crippen molar-refractivity contribution >= 4 is 35.4 Å². The van der Waals surface area contributed by atoms with Crippen LogP contribution >= 0.6 is 23.5 Å². The molecule has 3 rings (SSSR count). The van der Waals surface area contributed by atoms with Crippen molar-refractivity contribution in [1.29, 1.82) is 0 Å². The Morgan fingerprint density at radius 1 is 1.50 bits per heavy atom. The van der Waals surface area contributed by atoms with Crippen molar-refractivity contribution in [3.63, 3.8) is 0 Å². The van der Waals surface area contributed by atoms with E-state index in [-0.39, 0.29) is 17.6 Å². The van der Waals surface area contributed by atoms with Crippen LogP contribution in [-0.2, 0) is 15.3 Å². The number of aliphatic carboxylic acids is 1. The van der Waals surface area contributed by atoms with Gasteiger partial charge in [0.15, 0.2) is 0 Å². The number of pyridine rings is 1. The number of β-lactam (4-membered cyclic amide) rings is 1. The summed E-state index contributed by atoms with van der Waals surface area (Å²) in [4.78, 5) is 31.2. The molecular weight excluding hydrogens is 344 g/mol. The Morgan fingerprint density at radius 2 is 2.33 bits per heavy atom. The molecule has 24 heavy (non-hydrogen) atoms. The lowest BCUT2D eigenvalue weighted by Crippen LogP contribution is -2.55. The van der Waals surface area contributed by atoms with Gasteiger partial charge in [0.1, 0.15) is 5.70 Å². The summed E-state index contributed by atoms with van der Waals surface area (Å²) in [6.45, 7) is 2.15. The normalized spacial score (nSPS) is 20.0. The zero-order valence-electron chi connectivity index (χ0n) is 13.5. The SMILES string of the molecule is CCCSCc1ncccc1SC1=C(C(=O)O)N2C(=O)CC2CC1. The maximum atomic E-state index is 11.8. The minimum absolute atomic E-state index is 0.0708. The number of carboxylic acid groups (broad SMARTS) is 1. The van der Waals surface area contributed by atoms with Crippen LogP contribution in [0.5, 0.6) is 0 Å². The average molecular weight is 364 g/mol. The third-order valence-corrected chi connectivity index (χ3v) is 6.54. The lowest BCUT2D eigenvalue weighted by molar-refractivity contribution is -0.150. The van der Waals surface area contributed by atoms with E-state index in [1.165, 1.54) is 16.7 Å². The van der Waals surface area contributed by atoms with Crippen molar-refractivity contribution < 1.29 is 14.7 Å². The topological polar surface area (TPSA) is 70.5 Å². The molecule has 1 fully saturated rings. The third-order valence-electron chi connectivity index (χ3n) is 4.13. The van der Waals surface area contributed by atoms with Crippen LogP contribution in [0.1, 0.15) is 38.3 Å². The number of aromatic nitrogens is 1. The van der Waals surface area contributed by atoms with Crippen LogP contribution in [0.4, 0.5) is 0 Å². The van der Waals surface area contributed by atoms with Gasteiger partial charge in [-0.05, 0) is 37.1 Å². The first-order chi connectivity index (χ1) is 11.6. The number of rotatable bonds is 7. The summed E-state index contributed by atoms with van der Waals surface area (Å²) >= 11 is 3.29. The Labute approximate surface area is 149 Å². The van der Waals surface area contributed by atoms with E-state index >= 15 is 0 Å². The number of thioether (sulfide) groups is 2. The molecule has 2 aliphatic rings. The van der Waals surface area contributed by atoms with Gasteiger partial charge >= 0.3 is 5.97 Å². The van der Waals surface area contributed by atoms with E-state index < -0.39 is 5.97 Å². The fourth-order valence-electron chi connectivity index (χ4n) is 2.96. The molecule has 0 saturated carbocycles. The summed E-state index contributed by atoms with van der Waals surface area (Å²) < 4.78 is 0. The molecule has 0 radical (unpaired) electrons. The molecule has 1 amide bonds. The molecule has 1 unspecified atom stereocenters. The van der Waals surface area contributed by atoms with E-state index in [0.717, 1.165) is 39.8 Å². The predicted molar refractivity (Wildman–Crippen MR) is 95.7 cm³/mol. The van der Waals surface area contributed by atoms with Gasteiger partial charge in [0.2, 0.25) is 5.91 Å². The number of hydrogen-bond donors (Lipinski definition) is 1. The molecule has 128 valence electrons. The predicted octanol–water partition coefficient (Wildman–Crippen LogP) is 3.51. The number of carbonyl (C=O) groups excluding carboxylic acids is 1. The monoisotopic (exact) mass is 364 g/mol. The lowest BCUT2D eigenvalue weighted by atomic mass is 9.91. The zero-order valence-corrected chi connectivity index (χ0v) is 15.2. The molecule has 7 heteroatoms. The number of carbonyl (C=O) groups is 2. The fraction of sp³-hybridized carbons (Fsp3) is 0.471. The van der Waals surface area contributed by atoms with E-state index in [0.29, 0.717) is 12.8 Å². The van der Waals surface area contributed by atoms with E-state index in [1.807, 2.05) is 23.9 Å². The van der Waals surface area contributed by atoms with Crippen molar-refractivity contribution in [2.75, 3.05) is 5.75 Å². The second kappa shape index (κ2) is 7.61. The lowest BCUT2D eigenvalue weighted by Gasteiger charge is -2.44. The molecule has 0 bridgehead atoms. The number of carboxylic acids is 1. The van der Waals surface area contributed by atoms with Crippen molar-refractivity contribution in [3.05, 3.63) is 34.6 Å². The molecule has 1 atom stereocenters. The maximum Gasteiger partial charge on any atom is 0.353 e. The Hall–Kier alpha value is -1.47. The molecule has 2 aliphatic heterocycles. The Morgan fingerprint density at radius 3 is 3.04 bits per heavy atom. The fourth-order valence-corrected chi connectivity index (χ4v) is 5.07. The summed E-state index contributed by atoms with van der Waals surface area (Å²) in [7, 11) is 0. The smallest absolute Gasteiger partial charge is 0.353 e. The highest BCUT2D eigenvalue weighted by atomic mass is 32.2. The Bertz CT molecular complexity index is 690. The van der Waals surface area contributed by atoms with Crippen molar-refractivity contribution in [3.8, 4) is 0 Å². The van der Waals surface area contributed by atoms with Gasteiger partial charge in [0.05, 0.1) is 5.69 Å². The van der Waals surface area contributed by atoms with E-state index in [4.69, 9.17) is 0 Å². The molecule has 1 saturated heterocycles. The summed E-state index contributed by atoms with van der Waals surface area (Å²) in [5.74, 6) is 0.798. The number of amides is 1. The van der Waals surface area contributed by atoms with Gasteiger partial charge in [-0.25, -0.2) is 4.79 Å². The second-order valence-electron chi connectivity index (χ2n) is 5.84. The highest BCUT2D eigenvalue weighted by Gasteiger charge is 2.44. The van der Waals surface area contributed by atoms with Gasteiger partial charge in [-0.2, -0.15) is 11.8 Å². The summed E-state index contributed by atoms with van der Waals surface area (Å²) in [6.07, 6.45) is 4.91. The molecule has 1 N–H and O–H groups in total. The minimum Gasteiger partial charge on any atom is -0.477 e. The van der Waals surface area contributed by atoms with Crippen LogP contribution in [0.3, 0.4) is 0 Å². The minimum atomic E-state index is -1.01. The van der Waals surface area contributed by atoms with Crippen LogP contribution in [0.25, 0.3) is 0 Å². The molecule has 0 spiro atoms.